The van der Waals surface area contributed by atoms with Crippen LogP contribution in [0.15, 0.2) is 18.2 Å². The van der Waals surface area contributed by atoms with Gasteiger partial charge in [0, 0.05) is 6.04 Å². The van der Waals surface area contributed by atoms with Crippen LogP contribution in [0.5, 0.6) is 5.75 Å². The molecule has 0 radical (unpaired) electrons. The van der Waals surface area contributed by atoms with E-state index in [1.165, 1.54) is 24.0 Å². The molecule has 2 rings (SSSR count). The molecule has 1 aliphatic rings. The summed E-state index contributed by atoms with van der Waals surface area (Å²) >= 11 is 0. The van der Waals surface area contributed by atoms with Crippen molar-refractivity contribution < 1.29 is 4.74 Å². The van der Waals surface area contributed by atoms with E-state index in [2.05, 4.69) is 19.1 Å². The van der Waals surface area contributed by atoms with Crippen LogP contribution in [0.25, 0.3) is 0 Å². The van der Waals surface area contributed by atoms with Gasteiger partial charge in [-0.15, -0.1) is 0 Å². The van der Waals surface area contributed by atoms with Gasteiger partial charge in [-0.25, -0.2) is 0 Å². The molecule has 0 amide bonds. The van der Waals surface area contributed by atoms with Crippen molar-refractivity contribution in [3.05, 3.63) is 29.3 Å². The Kier molecular flexibility index (Phi) is 2.96. The van der Waals surface area contributed by atoms with Crippen LogP contribution < -0.4 is 10.5 Å². The van der Waals surface area contributed by atoms with E-state index in [4.69, 9.17) is 10.5 Å². The maximum Gasteiger partial charge on any atom is 0.121 e. The van der Waals surface area contributed by atoms with Crippen molar-refractivity contribution in [2.75, 3.05) is 7.11 Å². The number of rotatable bonds is 4. The molecule has 0 saturated heterocycles. The molecule has 1 aromatic rings. The van der Waals surface area contributed by atoms with Gasteiger partial charge in [0.2, 0.25) is 0 Å². The van der Waals surface area contributed by atoms with Gasteiger partial charge in [0.05, 0.1) is 7.11 Å². The van der Waals surface area contributed by atoms with Crippen LogP contribution in [0.4, 0.5) is 0 Å². The molecule has 0 aliphatic heterocycles. The Morgan fingerprint density at radius 3 is 2.73 bits per heavy atom. The molecule has 1 atom stereocenters. The third-order valence-corrected chi connectivity index (χ3v) is 3.13. The van der Waals surface area contributed by atoms with Gasteiger partial charge >= 0.3 is 0 Å². The van der Waals surface area contributed by atoms with Gasteiger partial charge in [0.1, 0.15) is 5.75 Å². The summed E-state index contributed by atoms with van der Waals surface area (Å²) in [7, 11) is 1.70. The molecular weight excluding hydrogens is 186 g/mol. The number of nitrogens with two attached hydrogens (primary N) is 1. The van der Waals surface area contributed by atoms with Crippen LogP contribution >= 0.6 is 0 Å². The molecule has 0 bridgehead atoms. The minimum atomic E-state index is 0.196. The number of ether oxygens (including phenoxy) is 1. The molecule has 0 unspecified atom stereocenters. The van der Waals surface area contributed by atoms with Crippen LogP contribution in [0, 0.1) is 12.8 Å². The average Bonchev–Trinajstić information content (AvgIpc) is 3.01. The zero-order valence-corrected chi connectivity index (χ0v) is 9.49. The summed E-state index contributed by atoms with van der Waals surface area (Å²) in [4.78, 5) is 0. The minimum absolute atomic E-state index is 0.196. The quantitative estimate of drug-likeness (QED) is 0.820. The van der Waals surface area contributed by atoms with Crippen molar-refractivity contribution in [1.82, 2.24) is 0 Å². The van der Waals surface area contributed by atoms with Crippen molar-refractivity contribution in [1.29, 1.82) is 0 Å². The second kappa shape index (κ2) is 4.23. The summed E-state index contributed by atoms with van der Waals surface area (Å²) in [5.74, 6) is 1.82. The van der Waals surface area contributed by atoms with Gasteiger partial charge in [-0.2, -0.15) is 0 Å². The lowest BCUT2D eigenvalue weighted by atomic mass is 10.00. The van der Waals surface area contributed by atoms with Gasteiger partial charge < -0.3 is 10.5 Å². The first-order chi connectivity index (χ1) is 7.20. The normalized spacial score (nSPS) is 17.5. The summed E-state index contributed by atoms with van der Waals surface area (Å²) < 4.78 is 5.23. The van der Waals surface area contributed by atoms with E-state index in [1.54, 1.807) is 7.11 Å². The highest BCUT2D eigenvalue weighted by atomic mass is 16.5. The van der Waals surface area contributed by atoms with E-state index in [-0.39, 0.29) is 6.04 Å². The molecule has 0 heterocycles. The first-order valence-electron chi connectivity index (χ1n) is 5.61. The molecule has 0 spiro atoms. The lowest BCUT2D eigenvalue weighted by molar-refractivity contribution is 0.411. The molecule has 15 heavy (non-hydrogen) atoms. The zero-order valence-electron chi connectivity index (χ0n) is 9.49. The molecule has 82 valence electrons. The summed E-state index contributed by atoms with van der Waals surface area (Å²) in [5, 5.41) is 0. The SMILES string of the molecule is COc1ccc([C@H](N)CC2CC2)cc1C. The topological polar surface area (TPSA) is 35.2 Å². The van der Waals surface area contributed by atoms with E-state index in [0.717, 1.165) is 18.1 Å². The Balaban J connectivity index is 2.09. The fourth-order valence-corrected chi connectivity index (χ4v) is 1.98. The highest BCUT2D eigenvalue weighted by molar-refractivity contribution is 5.37. The Bertz CT molecular complexity index is 344. The van der Waals surface area contributed by atoms with E-state index in [0.29, 0.717) is 0 Å². The first kappa shape index (κ1) is 10.5. The van der Waals surface area contributed by atoms with Crippen LogP contribution in [-0.2, 0) is 0 Å². The fourth-order valence-electron chi connectivity index (χ4n) is 1.98. The third kappa shape index (κ3) is 2.51. The fraction of sp³-hybridized carbons (Fsp3) is 0.538. The highest BCUT2D eigenvalue weighted by Gasteiger charge is 2.24. The molecule has 1 aromatic carbocycles. The molecule has 2 heteroatoms. The van der Waals surface area contributed by atoms with E-state index < -0.39 is 0 Å². The van der Waals surface area contributed by atoms with Crippen LogP contribution in [0.2, 0.25) is 0 Å². The number of methoxy groups -OCH3 is 1. The van der Waals surface area contributed by atoms with Crippen molar-refractivity contribution in [2.45, 2.75) is 32.2 Å². The Morgan fingerprint density at radius 1 is 1.47 bits per heavy atom. The summed E-state index contributed by atoms with van der Waals surface area (Å²) in [6.07, 6.45) is 3.86. The smallest absolute Gasteiger partial charge is 0.121 e. The minimum Gasteiger partial charge on any atom is -0.496 e. The standard InChI is InChI=1S/C13H19NO/c1-9-7-11(5-6-13(9)15-2)12(14)8-10-3-4-10/h5-7,10,12H,3-4,8,14H2,1-2H3/t12-/m1/s1. The van der Waals surface area contributed by atoms with Crippen LogP contribution in [0.3, 0.4) is 0 Å². The lowest BCUT2D eigenvalue weighted by Gasteiger charge is -2.13. The molecule has 1 aliphatic carbocycles. The van der Waals surface area contributed by atoms with Crippen LogP contribution in [-0.4, -0.2) is 7.11 Å². The maximum absolute atomic E-state index is 6.16. The second-order valence-corrected chi connectivity index (χ2v) is 4.51. The number of hydrogen-bond acceptors (Lipinski definition) is 2. The van der Waals surface area contributed by atoms with Gasteiger partial charge in [0.15, 0.2) is 0 Å². The largest absolute Gasteiger partial charge is 0.496 e. The molecular formula is C13H19NO. The Hall–Kier alpha value is -1.02. The van der Waals surface area contributed by atoms with Gasteiger partial charge in [-0.05, 0) is 36.5 Å². The van der Waals surface area contributed by atoms with E-state index in [1.807, 2.05) is 6.07 Å². The first-order valence-corrected chi connectivity index (χ1v) is 5.61. The predicted octanol–water partition coefficient (Wildman–Crippen LogP) is 2.80. The zero-order chi connectivity index (χ0) is 10.8. The molecule has 1 fully saturated rings. The molecule has 2 N–H and O–H groups in total. The summed E-state index contributed by atoms with van der Waals surface area (Å²) in [5.41, 5.74) is 8.56. The van der Waals surface area contributed by atoms with Gasteiger partial charge in [0.25, 0.3) is 0 Å². The highest BCUT2D eigenvalue weighted by Crippen LogP contribution is 2.37. The van der Waals surface area contributed by atoms with Gasteiger partial charge in [-0.3, -0.25) is 0 Å². The van der Waals surface area contributed by atoms with Crippen molar-refractivity contribution in [3.8, 4) is 5.75 Å². The number of aryl methyl sites for hydroxylation is 1. The summed E-state index contributed by atoms with van der Waals surface area (Å²) in [6, 6.07) is 6.43. The van der Waals surface area contributed by atoms with E-state index in [9.17, 15) is 0 Å². The number of hydrogen-bond donors (Lipinski definition) is 1. The molecule has 0 aromatic heterocycles. The van der Waals surface area contributed by atoms with Crippen molar-refractivity contribution >= 4 is 0 Å². The third-order valence-electron chi connectivity index (χ3n) is 3.13. The van der Waals surface area contributed by atoms with Crippen molar-refractivity contribution in [3.63, 3.8) is 0 Å². The lowest BCUT2D eigenvalue weighted by Crippen LogP contribution is -2.11. The molecule has 1 saturated carbocycles. The average molecular weight is 205 g/mol. The molecule has 2 nitrogen and oxygen atoms in total. The number of benzene rings is 1. The van der Waals surface area contributed by atoms with Crippen LogP contribution in [0.1, 0.15) is 36.4 Å². The summed E-state index contributed by atoms with van der Waals surface area (Å²) in [6.45, 7) is 2.06. The Morgan fingerprint density at radius 2 is 2.20 bits per heavy atom. The monoisotopic (exact) mass is 205 g/mol. The van der Waals surface area contributed by atoms with Gasteiger partial charge in [-0.1, -0.05) is 25.0 Å². The van der Waals surface area contributed by atoms with E-state index >= 15 is 0 Å². The predicted molar refractivity (Wildman–Crippen MR) is 62.0 cm³/mol. The Labute approximate surface area is 91.4 Å². The second-order valence-electron chi connectivity index (χ2n) is 4.51. The maximum atomic E-state index is 6.16. The van der Waals surface area contributed by atoms with Crippen molar-refractivity contribution in [2.24, 2.45) is 11.7 Å².